The summed E-state index contributed by atoms with van der Waals surface area (Å²) in [5.74, 6) is 0.0539. The molecule has 0 atom stereocenters. The molecular weight excluding hydrogens is 472 g/mol. The van der Waals surface area contributed by atoms with Crippen LogP contribution in [0.2, 0.25) is 0 Å². The number of nitrogens with one attached hydrogen (secondary N) is 2. The molecule has 1 aliphatic rings. The third kappa shape index (κ3) is 4.34. The smallest absolute Gasteiger partial charge is 0.262 e. The summed E-state index contributed by atoms with van der Waals surface area (Å²) in [5, 5.41) is 8.62. The predicted molar refractivity (Wildman–Crippen MR) is 134 cm³/mol. The normalized spacial score (nSPS) is 12.9. The zero-order valence-corrected chi connectivity index (χ0v) is 20.1. The highest BCUT2D eigenvalue weighted by Crippen LogP contribution is 2.38. The first-order valence-electron chi connectivity index (χ1n) is 10.9. The molecule has 2 amide bonds. The van der Waals surface area contributed by atoms with Gasteiger partial charge in [0.15, 0.2) is 0 Å². The minimum absolute atomic E-state index is 0.181. The lowest BCUT2D eigenvalue weighted by molar-refractivity contribution is -0.116. The van der Waals surface area contributed by atoms with E-state index in [-0.39, 0.29) is 23.9 Å². The van der Waals surface area contributed by atoms with E-state index in [0.717, 1.165) is 36.1 Å². The first kappa shape index (κ1) is 22.3. The topological polar surface area (TPSA) is 102 Å². The summed E-state index contributed by atoms with van der Waals surface area (Å²) in [6.45, 7) is -0.181. The number of benzene rings is 1. The molecule has 10 heteroatoms. The maximum Gasteiger partial charge on any atom is 0.262 e. The Labute approximate surface area is 203 Å². The number of anilines is 2. The van der Waals surface area contributed by atoms with Crippen molar-refractivity contribution in [1.82, 2.24) is 9.55 Å². The highest BCUT2D eigenvalue weighted by molar-refractivity contribution is 7.17. The van der Waals surface area contributed by atoms with Crippen LogP contribution in [0.5, 0.6) is 5.75 Å². The Bertz CT molecular complexity index is 1440. The monoisotopic (exact) mass is 494 g/mol. The third-order valence-corrected chi connectivity index (χ3v) is 7.79. The summed E-state index contributed by atoms with van der Waals surface area (Å²) < 4.78 is 6.46. The molecular formula is C24H22N4O4S2. The lowest BCUT2D eigenvalue weighted by atomic mass is 9.95. The summed E-state index contributed by atoms with van der Waals surface area (Å²) in [6, 6.07) is 8.80. The highest BCUT2D eigenvalue weighted by Gasteiger charge is 2.26. The number of hydrogen-bond acceptors (Lipinski definition) is 7. The van der Waals surface area contributed by atoms with Crippen LogP contribution in [-0.4, -0.2) is 28.5 Å². The van der Waals surface area contributed by atoms with Gasteiger partial charge in [0.25, 0.3) is 11.5 Å². The van der Waals surface area contributed by atoms with Crippen molar-refractivity contribution in [3.05, 3.63) is 68.4 Å². The summed E-state index contributed by atoms with van der Waals surface area (Å²) in [6.07, 6.45) is 5.13. The lowest BCUT2D eigenvalue weighted by Gasteiger charge is -2.13. The van der Waals surface area contributed by atoms with Crippen LogP contribution in [-0.2, 0) is 24.2 Å². The molecule has 8 nitrogen and oxygen atoms in total. The zero-order valence-electron chi connectivity index (χ0n) is 18.4. The maximum atomic E-state index is 13.3. The molecule has 1 aromatic carbocycles. The number of nitrogens with zero attached hydrogens (tertiary/aromatic N) is 2. The van der Waals surface area contributed by atoms with Crippen LogP contribution in [0.15, 0.2) is 46.8 Å². The van der Waals surface area contributed by atoms with E-state index in [4.69, 9.17) is 4.74 Å². The van der Waals surface area contributed by atoms with Crippen LogP contribution in [0.1, 0.15) is 33.6 Å². The Morgan fingerprint density at radius 2 is 1.91 bits per heavy atom. The molecule has 0 aliphatic heterocycles. The minimum atomic E-state index is -0.379. The van der Waals surface area contributed by atoms with Crippen molar-refractivity contribution in [2.45, 2.75) is 32.2 Å². The molecule has 0 radical (unpaired) electrons. The second kappa shape index (κ2) is 9.40. The van der Waals surface area contributed by atoms with Crippen molar-refractivity contribution in [3.63, 3.8) is 0 Å². The van der Waals surface area contributed by atoms with Gasteiger partial charge in [-0.1, -0.05) is 0 Å². The Hall–Kier alpha value is -3.50. The number of carbonyl (C=O) groups excluding carboxylic acids is 2. The second-order valence-electron chi connectivity index (χ2n) is 7.96. The van der Waals surface area contributed by atoms with Crippen LogP contribution in [0.4, 0.5) is 10.7 Å². The fourth-order valence-electron chi connectivity index (χ4n) is 4.09. The van der Waals surface area contributed by atoms with Gasteiger partial charge in [0.05, 0.1) is 24.4 Å². The Morgan fingerprint density at radius 3 is 2.71 bits per heavy atom. The van der Waals surface area contributed by atoms with Crippen molar-refractivity contribution in [2.24, 2.45) is 0 Å². The molecule has 0 fully saturated rings. The minimum Gasteiger partial charge on any atom is -0.497 e. The van der Waals surface area contributed by atoms with Crippen LogP contribution >= 0.6 is 22.7 Å². The molecule has 0 bridgehead atoms. The standard InChI is InChI=1S/C24H22N4O4S2/c1-32-15-8-6-14(7-9-15)26-21(30)20-16-4-2-3-5-18(16)34-23(20)27-19(29)12-28-13-25-22-17(24(28)31)10-11-33-22/h6-11,13H,2-5,12H2,1H3,(H,26,30)(H,27,29). The Morgan fingerprint density at radius 1 is 1.12 bits per heavy atom. The molecule has 0 saturated heterocycles. The molecule has 4 aromatic rings. The highest BCUT2D eigenvalue weighted by atomic mass is 32.1. The molecule has 174 valence electrons. The van der Waals surface area contributed by atoms with E-state index in [9.17, 15) is 14.4 Å². The number of aromatic nitrogens is 2. The SMILES string of the molecule is COc1ccc(NC(=O)c2c(NC(=O)Cn3cnc4sccc4c3=O)sc3c2CCCC3)cc1. The first-order chi connectivity index (χ1) is 16.5. The molecule has 3 aromatic heterocycles. The average Bonchev–Trinajstić information content (AvgIpc) is 3.46. The van der Waals surface area contributed by atoms with Crippen molar-refractivity contribution in [3.8, 4) is 5.75 Å². The van der Waals surface area contributed by atoms with Gasteiger partial charge in [-0.05, 0) is 67.0 Å². The van der Waals surface area contributed by atoms with E-state index in [1.807, 2.05) is 0 Å². The van der Waals surface area contributed by atoms with Crippen molar-refractivity contribution in [1.29, 1.82) is 0 Å². The Balaban J connectivity index is 1.40. The van der Waals surface area contributed by atoms with E-state index in [2.05, 4.69) is 15.6 Å². The lowest BCUT2D eigenvalue weighted by Crippen LogP contribution is -2.28. The van der Waals surface area contributed by atoms with E-state index < -0.39 is 0 Å². The molecule has 3 heterocycles. The largest absolute Gasteiger partial charge is 0.497 e. The summed E-state index contributed by atoms with van der Waals surface area (Å²) in [7, 11) is 1.59. The van der Waals surface area contributed by atoms with Crippen molar-refractivity contribution < 1.29 is 14.3 Å². The zero-order chi connectivity index (χ0) is 23.7. The number of amides is 2. The molecule has 1 aliphatic carbocycles. The van der Waals surface area contributed by atoms with Gasteiger partial charge in [0.2, 0.25) is 5.91 Å². The van der Waals surface area contributed by atoms with Crippen molar-refractivity contribution in [2.75, 3.05) is 17.7 Å². The summed E-state index contributed by atoms with van der Waals surface area (Å²) in [5.41, 5.74) is 1.88. The van der Waals surface area contributed by atoms with Gasteiger partial charge < -0.3 is 15.4 Å². The van der Waals surface area contributed by atoms with Gasteiger partial charge in [-0.25, -0.2) is 4.98 Å². The number of carbonyl (C=O) groups is 2. The fourth-order valence-corrected chi connectivity index (χ4v) is 6.12. The summed E-state index contributed by atoms with van der Waals surface area (Å²) in [4.78, 5) is 44.8. The van der Waals surface area contributed by atoms with Crippen molar-refractivity contribution >= 4 is 55.4 Å². The average molecular weight is 495 g/mol. The van der Waals surface area contributed by atoms with E-state index in [0.29, 0.717) is 32.2 Å². The van der Waals surface area contributed by atoms with Crippen LogP contribution in [0.3, 0.4) is 0 Å². The number of aryl methyl sites for hydroxylation is 1. The van der Waals surface area contributed by atoms with Gasteiger partial charge in [-0.3, -0.25) is 19.0 Å². The molecule has 0 unspecified atom stereocenters. The van der Waals surface area contributed by atoms with Crippen LogP contribution in [0.25, 0.3) is 10.2 Å². The Kier molecular flexibility index (Phi) is 6.16. The third-order valence-electron chi connectivity index (χ3n) is 5.76. The van der Waals surface area contributed by atoms with Gasteiger partial charge in [-0.15, -0.1) is 22.7 Å². The van der Waals surface area contributed by atoms with E-state index in [1.165, 1.54) is 33.6 Å². The van der Waals surface area contributed by atoms with E-state index in [1.54, 1.807) is 42.8 Å². The number of rotatable bonds is 6. The number of fused-ring (bicyclic) bond motifs is 2. The first-order valence-corrected chi connectivity index (χ1v) is 12.6. The van der Waals surface area contributed by atoms with Gasteiger partial charge in [0, 0.05) is 10.6 Å². The number of hydrogen-bond donors (Lipinski definition) is 2. The van der Waals surface area contributed by atoms with Gasteiger partial charge in [-0.2, -0.15) is 0 Å². The molecule has 0 spiro atoms. The van der Waals surface area contributed by atoms with Gasteiger partial charge in [0.1, 0.15) is 22.1 Å². The molecule has 2 N–H and O–H groups in total. The van der Waals surface area contributed by atoms with Crippen LogP contribution in [0, 0.1) is 0 Å². The molecule has 5 rings (SSSR count). The number of thiophene rings is 2. The van der Waals surface area contributed by atoms with E-state index >= 15 is 0 Å². The predicted octanol–water partition coefficient (Wildman–Crippen LogP) is 4.30. The quantitative estimate of drug-likeness (QED) is 0.416. The number of methoxy groups -OCH3 is 1. The fraction of sp³-hybridized carbons (Fsp3) is 0.250. The van der Waals surface area contributed by atoms with Crippen LogP contribution < -0.4 is 20.9 Å². The number of ether oxygens (including phenoxy) is 1. The second-order valence-corrected chi connectivity index (χ2v) is 9.96. The maximum absolute atomic E-state index is 13.3. The summed E-state index contributed by atoms with van der Waals surface area (Å²) >= 11 is 2.82. The molecule has 34 heavy (non-hydrogen) atoms. The molecule has 0 saturated carbocycles. The van der Waals surface area contributed by atoms with Gasteiger partial charge >= 0.3 is 0 Å².